The Labute approximate surface area is 101 Å². The van der Waals surface area contributed by atoms with Gasteiger partial charge in [0.25, 0.3) is 0 Å². The number of hydrogen-bond acceptors (Lipinski definition) is 4. The third-order valence-electron chi connectivity index (χ3n) is 2.21. The Morgan fingerprint density at radius 1 is 1.35 bits per heavy atom. The van der Waals surface area contributed by atoms with Crippen molar-refractivity contribution in [2.24, 2.45) is 0 Å². The van der Waals surface area contributed by atoms with Crippen LogP contribution in [0, 0.1) is 0 Å². The van der Waals surface area contributed by atoms with E-state index >= 15 is 0 Å². The number of ether oxygens (including phenoxy) is 2. The smallest absolute Gasteiger partial charge is 0.335 e. The van der Waals surface area contributed by atoms with Crippen molar-refractivity contribution in [2.45, 2.75) is 0 Å². The van der Waals surface area contributed by atoms with Crippen LogP contribution < -0.4 is 9.47 Å². The van der Waals surface area contributed by atoms with Gasteiger partial charge in [0.05, 0.1) is 12.7 Å². The van der Waals surface area contributed by atoms with Crippen molar-refractivity contribution < 1.29 is 19.4 Å². The number of rotatable bonds is 6. The predicted octanol–water partition coefficient (Wildman–Crippen LogP) is 1.33. The summed E-state index contributed by atoms with van der Waals surface area (Å²) in [7, 11) is 5.39. The first-order valence-electron chi connectivity index (χ1n) is 5.23. The summed E-state index contributed by atoms with van der Waals surface area (Å²) in [5, 5.41) is 8.84. The second kappa shape index (κ2) is 6.10. The highest BCUT2D eigenvalue weighted by Gasteiger charge is 2.09. The molecule has 94 valence electrons. The van der Waals surface area contributed by atoms with Crippen molar-refractivity contribution in [1.82, 2.24) is 4.90 Å². The van der Waals surface area contributed by atoms with Crippen LogP contribution in [0.5, 0.6) is 11.5 Å². The van der Waals surface area contributed by atoms with Crippen molar-refractivity contribution in [3.63, 3.8) is 0 Å². The molecular weight excluding hydrogens is 222 g/mol. The Morgan fingerprint density at radius 2 is 2.06 bits per heavy atom. The summed E-state index contributed by atoms with van der Waals surface area (Å²) in [6.45, 7) is 1.31. The van der Waals surface area contributed by atoms with E-state index in [9.17, 15) is 4.79 Å². The molecule has 0 atom stereocenters. The van der Waals surface area contributed by atoms with E-state index in [0.717, 1.165) is 6.54 Å². The average molecular weight is 239 g/mol. The first-order chi connectivity index (χ1) is 8.04. The normalized spacial score (nSPS) is 10.4. The maximum Gasteiger partial charge on any atom is 0.335 e. The lowest BCUT2D eigenvalue weighted by Gasteiger charge is -2.13. The lowest BCUT2D eigenvalue weighted by atomic mass is 10.2. The minimum atomic E-state index is -0.983. The number of carboxylic acid groups (broad SMARTS) is 1. The number of methoxy groups -OCH3 is 1. The molecule has 0 heterocycles. The van der Waals surface area contributed by atoms with Gasteiger partial charge in [-0.05, 0) is 32.3 Å². The van der Waals surface area contributed by atoms with E-state index in [-0.39, 0.29) is 5.56 Å². The van der Waals surface area contributed by atoms with Gasteiger partial charge in [0.15, 0.2) is 11.5 Å². The molecule has 1 N–H and O–H groups in total. The molecule has 1 aromatic rings. The fourth-order valence-electron chi connectivity index (χ4n) is 1.26. The van der Waals surface area contributed by atoms with Gasteiger partial charge in [0.2, 0.25) is 0 Å². The van der Waals surface area contributed by atoms with Gasteiger partial charge in [-0.15, -0.1) is 0 Å². The van der Waals surface area contributed by atoms with E-state index in [2.05, 4.69) is 0 Å². The quantitative estimate of drug-likeness (QED) is 0.811. The van der Waals surface area contributed by atoms with Gasteiger partial charge in [-0.1, -0.05) is 0 Å². The van der Waals surface area contributed by atoms with Crippen molar-refractivity contribution >= 4 is 5.97 Å². The number of carbonyl (C=O) groups is 1. The van der Waals surface area contributed by atoms with Gasteiger partial charge in [0.1, 0.15) is 6.61 Å². The largest absolute Gasteiger partial charge is 0.493 e. The molecule has 0 unspecified atom stereocenters. The summed E-state index contributed by atoms with van der Waals surface area (Å²) < 4.78 is 10.6. The van der Waals surface area contributed by atoms with E-state index in [4.69, 9.17) is 14.6 Å². The molecule has 0 spiro atoms. The molecule has 5 nitrogen and oxygen atoms in total. The van der Waals surface area contributed by atoms with E-state index in [1.807, 2.05) is 19.0 Å². The highest BCUT2D eigenvalue weighted by molar-refractivity contribution is 5.88. The number of benzene rings is 1. The van der Waals surface area contributed by atoms with Crippen LogP contribution >= 0.6 is 0 Å². The maximum atomic E-state index is 10.8. The molecule has 5 heteroatoms. The summed E-state index contributed by atoms with van der Waals surface area (Å²) in [6, 6.07) is 4.56. The topological polar surface area (TPSA) is 59.0 Å². The minimum absolute atomic E-state index is 0.182. The van der Waals surface area contributed by atoms with E-state index < -0.39 is 5.97 Å². The van der Waals surface area contributed by atoms with Crippen molar-refractivity contribution in [2.75, 3.05) is 34.4 Å². The van der Waals surface area contributed by atoms with Crippen LogP contribution in [0.2, 0.25) is 0 Å². The summed E-state index contributed by atoms with van der Waals surface area (Å²) in [5.74, 6) is 0.00569. The fraction of sp³-hybridized carbons (Fsp3) is 0.417. The number of aromatic carboxylic acids is 1. The highest BCUT2D eigenvalue weighted by atomic mass is 16.5. The molecular formula is C12H17NO4. The number of likely N-dealkylation sites (N-methyl/N-ethyl adjacent to an activating group) is 1. The molecule has 0 saturated carbocycles. The Morgan fingerprint density at radius 3 is 2.59 bits per heavy atom. The van der Waals surface area contributed by atoms with Crippen molar-refractivity contribution in [3.8, 4) is 11.5 Å². The first kappa shape index (κ1) is 13.3. The average Bonchev–Trinajstić information content (AvgIpc) is 2.28. The van der Waals surface area contributed by atoms with Gasteiger partial charge >= 0.3 is 5.97 Å². The molecule has 0 amide bonds. The Bertz CT molecular complexity index is 390. The number of hydrogen-bond donors (Lipinski definition) is 1. The van der Waals surface area contributed by atoms with Gasteiger partial charge in [-0.3, -0.25) is 0 Å². The second-order valence-corrected chi connectivity index (χ2v) is 3.82. The molecule has 0 aliphatic heterocycles. The fourth-order valence-corrected chi connectivity index (χ4v) is 1.26. The molecule has 1 aromatic carbocycles. The molecule has 1 rings (SSSR count). The molecule has 0 fully saturated rings. The van der Waals surface area contributed by atoms with E-state index in [0.29, 0.717) is 18.1 Å². The van der Waals surface area contributed by atoms with Crippen molar-refractivity contribution in [3.05, 3.63) is 23.8 Å². The molecule has 0 aliphatic rings. The highest BCUT2D eigenvalue weighted by Crippen LogP contribution is 2.27. The van der Waals surface area contributed by atoms with Gasteiger partial charge in [-0.25, -0.2) is 4.79 Å². The zero-order valence-electron chi connectivity index (χ0n) is 10.3. The predicted molar refractivity (Wildman–Crippen MR) is 64.0 cm³/mol. The Hall–Kier alpha value is -1.75. The number of carboxylic acids is 1. The second-order valence-electron chi connectivity index (χ2n) is 3.82. The number of nitrogens with zero attached hydrogens (tertiary/aromatic N) is 1. The molecule has 17 heavy (non-hydrogen) atoms. The van der Waals surface area contributed by atoms with Crippen LogP contribution in [0.3, 0.4) is 0 Å². The maximum absolute atomic E-state index is 10.8. The zero-order valence-corrected chi connectivity index (χ0v) is 10.3. The third-order valence-corrected chi connectivity index (χ3v) is 2.21. The minimum Gasteiger partial charge on any atom is -0.493 e. The lowest BCUT2D eigenvalue weighted by Crippen LogP contribution is -2.19. The molecule has 0 aliphatic carbocycles. The van der Waals surface area contributed by atoms with Crippen LogP contribution in [0.15, 0.2) is 18.2 Å². The van der Waals surface area contributed by atoms with Crippen LogP contribution in [0.25, 0.3) is 0 Å². The standard InChI is InChI=1S/C12H17NO4/c1-13(2)6-7-17-10-5-4-9(12(14)15)8-11(10)16-3/h4-5,8H,6-7H2,1-3H3,(H,14,15). The SMILES string of the molecule is COc1cc(C(=O)O)ccc1OCCN(C)C. The van der Waals surface area contributed by atoms with Crippen molar-refractivity contribution in [1.29, 1.82) is 0 Å². The van der Waals surface area contributed by atoms with Gasteiger partial charge in [-0.2, -0.15) is 0 Å². The molecule has 0 aromatic heterocycles. The van der Waals surface area contributed by atoms with Gasteiger partial charge < -0.3 is 19.5 Å². The van der Waals surface area contributed by atoms with Crippen LogP contribution in [0.1, 0.15) is 10.4 Å². The monoisotopic (exact) mass is 239 g/mol. The molecule has 0 saturated heterocycles. The van der Waals surface area contributed by atoms with E-state index in [1.165, 1.54) is 19.2 Å². The van der Waals surface area contributed by atoms with E-state index in [1.54, 1.807) is 6.07 Å². The van der Waals surface area contributed by atoms with Crippen LogP contribution in [-0.2, 0) is 0 Å². The van der Waals surface area contributed by atoms with Gasteiger partial charge in [0, 0.05) is 6.54 Å². The lowest BCUT2D eigenvalue weighted by molar-refractivity contribution is 0.0696. The first-order valence-corrected chi connectivity index (χ1v) is 5.23. The zero-order chi connectivity index (χ0) is 12.8. The third kappa shape index (κ3) is 3.96. The summed E-state index contributed by atoms with van der Waals surface area (Å²) in [6.07, 6.45) is 0. The van der Waals surface area contributed by atoms with Crippen LogP contribution in [-0.4, -0.2) is 50.3 Å². The summed E-state index contributed by atoms with van der Waals surface area (Å²) in [4.78, 5) is 12.8. The summed E-state index contributed by atoms with van der Waals surface area (Å²) in [5.41, 5.74) is 0.182. The Kier molecular flexibility index (Phi) is 4.78. The molecule has 0 radical (unpaired) electrons. The van der Waals surface area contributed by atoms with Crippen LogP contribution in [0.4, 0.5) is 0 Å². The summed E-state index contributed by atoms with van der Waals surface area (Å²) >= 11 is 0. The Balaban J connectivity index is 2.75. The molecule has 0 bridgehead atoms.